The van der Waals surface area contributed by atoms with E-state index in [0.717, 1.165) is 0 Å². The summed E-state index contributed by atoms with van der Waals surface area (Å²) in [6.45, 7) is 6.05. The molecule has 3 aromatic carbocycles. The maximum atomic E-state index is 14.1. The SMILES string of the molecule is CCC1O[C@@H](O[C@H]2C(C(C)=O)O[C@@H](O[C@@H]3C(COC(=O)c4ccccc4)O[C@H](OC)C(N=[N+]=[N-])[C@H]3C)C(OC(=O)c3ccccc3)[C@@H]2OCc2ccccc2)C(N=[N+]=[N-])[C@@H](C)[C@@H]1O. The first kappa shape index (κ1) is 47.1. The molecule has 3 heterocycles. The van der Waals surface area contributed by atoms with Crippen LogP contribution in [0.2, 0.25) is 0 Å². The molecule has 0 aliphatic carbocycles. The van der Waals surface area contributed by atoms with Crippen molar-refractivity contribution in [2.45, 2.75) is 121 Å². The summed E-state index contributed by atoms with van der Waals surface area (Å²) < 4.78 is 56.6. The van der Waals surface area contributed by atoms with Gasteiger partial charge in [-0.1, -0.05) is 97.7 Å². The Hall–Kier alpha value is -5.43. The summed E-state index contributed by atoms with van der Waals surface area (Å²) in [4.78, 5) is 47.1. The molecule has 3 aliphatic heterocycles. The lowest BCUT2D eigenvalue weighted by Gasteiger charge is -2.50. The second kappa shape index (κ2) is 22.3. The van der Waals surface area contributed by atoms with Crippen molar-refractivity contribution < 1.29 is 62.1 Å². The van der Waals surface area contributed by atoms with E-state index in [0.29, 0.717) is 12.0 Å². The van der Waals surface area contributed by atoms with Crippen molar-refractivity contribution in [3.8, 4) is 0 Å². The van der Waals surface area contributed by atoms with Crippen molar-refractivity contribution in [3.05, 3.63) is 129 Å². The van der Waals surface area contributed by atoms with Gasteiger partial charge in [0.1, 0.15) is 31.0 Å². The van der Waals surface area contributed by atoms with Crippen LogP contribution in [0.15, 0.2) is 101 Å². The second-order valence-electron chi connectivity index (χ2n) is 15.5. The standard InChI is InChI=1S/C44H52N6O13/c1-6-30-34(52)24(2)32(47-49-45)43(58-30)63-38-36(26(4)51)62-44(39(60-41(54)29-20-14-9-15-21-29)37(38)56-22-27-16-10-7-11-17-27)61-35-25(3)33(48-50-46)42(55-5)59-31(35)23-57-40(53)28-18-12-8-13-19-28/h7-21,24-25,30-39,42-44,52H,6,22-23H2,1-5H3/t24-,25-,30?,31?,32?,33?,34+,35+,36?,37-,38+,39?,42+,43+,44-/m1/s1. The van der Waals surface area contributed by atoms with Crippen molar-refractivity contribution in [1.29, 1.82) is 0 Å². The second-order valence-corrected chi connectivity index (χ2v) is 15.5. The highest BCUT2D eigenvalue weighted by molar-refractivity contribution is 5.90. The van der Waals surface area contributed by atoms with Crippen LogP contribution in [0.25, 0.3) is 20.9 Å². The molecule has 63 heavy (non-hydrogen) atoms. The normalized spacial score (nSPS) is 32.9. The lowest BCUT2D eigenvalue weighted by Crippen LogP contribution is -2.66. The predicted octanol–water partition coefficient (Wildman–Crippen LogP) is 6.24. The van der Waals surface area contributed by atoms with Crippen LogP contribution in [-0.4, -0.2) is 116 Å². The van der Waals surface area contributed by atoms with Gasteiger partial charge in [-0.15, -0.1) is 0 Å². The van der Waals surface area contributed by atoms with Crippen LogP contribution in [0.1, 0.15) is 60.4 Å². The van der Waals surface area contributed by atoms with Gasteiger partial charge >= 0.3 is 11.9 Å². The minimum absolute atomic E-state index is 0.0738. The Kier molecular flexibility index (Phi) is 16.6. The third-order valence-electron chi connectivity index (χ3n) is 11.5. The van der Waals surface area contributed by atoms with Gasteiger partial charge in [-0.05, 0) is 66.1 Å². The van der Waals surface area contributed by atoms with Crippen LogP contribution < -0.4 is 0 Å². The number of azide groups is 2. The molecule has 0 spiro atoms. The highest BCUT2D eigenvalue weighted by Crippen LogP contribution is 2.39. The Morgan fingerprint density at radius 2 is 1.25 bits per heavy atom. The van der Waals surface area contributed by atoms with E-state index in [1.807, 2.05) is 37.3 Å². The number of nitrogens with zero attached hydrogens (tertiary/aromatic N) is 6. The highest BCUT2D eigenvalue weighted by atomic mass is 16.8. The molecule has 19 heteroatoms. The number of aliphatic hydroxyl groups is 1. The molecular formula is C44H52N6O13. The molecule has 0 radical (unpaired) electrons. The highest BCUT2D eigenvalue weighted by Gasteiger charge is 2.56. The third kappa shape index (κ3) is 11.2. The van der Waals surface area contributed by atoms with Gasteiger partial charge in [0.15, 0.2) is 30.8 Å². The predicted molar refractivity (Wildman–Crippen MR) is 221 cm³/mol. The number of carbonyl (C=O) groups is 3. The third-order valence-corrected chi connectivity index (χ3v) is 11.5. The van der Waals surface area contributed by atoms with Gasteiger partial charge in [-0.2, -0.15) is 0 Å². The van der Waals surface area contributed by atoms with E-state index in [4.69, 9.17) is 42.6 Å². The number of Topliss-reactive ketones (excluding diaryl/α,β-unsaturated/α-hetero) is 1. The maximum absolute atomic E-state index is 14.1. The summed E-state index contributed by atoms with van der Waals surface area (Å²) in [6, 6.07) is 23.5. The molecule has 0 bridgehead atoms. The Morgan fingerprint density at radius 1 is 0.698 bits per heavy atom. The number of methoxy groups -OCH3 is 1. The van der Waals surface area contributed by atoms with E-state index in [1.54, 1.807) is 74.5 Å². The number of benzene rings is 3. The van der Waals surface area contributed by atoms with Crippen LogP contribution >= 0.6 is 0 Å². The fourth-order valence-corrected chi connectivity index (χ4v) is 8.03. The number of hydrogen-bond acceptors (Lipinski definition) is 15. The average Bonchev–Trinajstić information content (AvgIpc) is 3.30. The maximum Gasteiger partial charge on any atom is 0.338 e. The van der Waals surface area contributed by atoms with Crippen LogP contribution in [0.4, 0.5) is 0 Å². The molecule has 3 fully saturated rings. The number of rotatable bonds is 17. The fourth-order valence-electron chi connectivity index (χ4n) is 8.03. The zero-order valence-electron chi connectivity index (χ0n) is 35.5. The summed E-state index contributed by atoms with van der Waals surface area (Å²) in [5, 5.41) is 18.9. The minimum Gasteiger partial charge on any atom is -0.459 e. The molecule has 6 unspecified atom stereocenters. The van der Waals surface area contributed by atoms with Crippen LogP contribution in [-0.2, 0) is 54.0 Å². The summed E-state index contributed by atoms with van der Waals surface area (Å²) in [7, 11) is 1.37. The molecule has 1 N–H and O–H groups in total. The smallest absolute Gasteiger partial charge is 0.338 e. The van der Waals surface area contributed by atoms with Crippen molar-refractivity contribution in [2.24, 2.45) is 22.1 Å². The molecule has 336 valence electrons. The Labute approximate surface area is 364 Å². The molecule has 19 nitrogen and oxygen atoms in total. The average molecular weight is 873 g/mol. The first-order valence-electron chi connectivity index (χ1n) is 20.7. The van der Waals surface area contributed by atoms with E-state index in [-0.39, 0.29) is 24.3 Å². The van der Waals surface area contributed by atoms with Crippen LogP contribution in [0.3, 0.4) is 0 Å². The molecule has 0 saturated carbocycles. The molecule has 15 atom stereocenters. The largest absolute Gasteiger partial charge is 0.459 e. The van der Waals surface area contributed by atoms with Crippen molar-refractivity contribution in [1.82, 2.24) is 0 Å². The fraction of sp³-hybridized carbons (Fsp3) is 0.523. The van der Waals surface area contributed by atoms with Crippen molar-refractivity contribution in [3.63, 3.8) is 0 Å². The lowest BCUT2D eigenvalue weighted by molar-refractivity contribution is -0.357. The van der Waals surface area contributed by atoms with Gasteiger partial charge in [0.05, 0.1) is 48.1 Å². The molecule has 0 aromatic heterocycles. The first-order valence-corrected chi connectivity index (χ1v) is 20.7. The minimum atomic E-state index is -1.62. The van der Waals surface area contributed by atoms with Gasteiger partial charge in [-0.25, -0.2) is 9.59 Å². The Balaban J connectivity index is 1.43. The molecule has 3 saturated heterocycles. The summed E-state index contributed by atoms with van der Waals surface area (Å²) in [5.74, 6) is -3.37. The molecule has 3 aromatic rings. The zero-order chi connectivity index (χ0) is 45.0. The molecule has 0 amide bonds. The van der Waals surface area contributed by atoms with E-state index >= 15 is 0 Å². The Bertz CT molecular complexity index is 2080. The number of hydrogen-bond donors (Lipinski definition) is 1. The van der Waals surface area contributed by atoms with E-state index < -0.39 is 109 Å². The van der Waals surface area contributed by atoms with Gasteiger partial charge in [0.25, 0.3) is 0 Å². The summed E-state index contributed by atoms with van der Waals surface area (Å²) in [5.41, 5.74) is 20.3. The molecule has 6 rings (SSSR count). The molecule has 3 aliphatic rings. The monoisotopic (exact) mass is 872 g/mol. The number of ketones is 1. The van der Waals surface area contributed by atoms with Gasteiger partial charge in [0, 0.05) is 16.9 Å². The van der Waals surface area contributed by atoms with Gasteiger partial charge in [-0.3, -0.25) is 4.79 Å². The number of esters is 2. The zero-order valence-corrected chi connectivity index (χ0v) is 35.5. The topological polar surface area (TPSA) is 252 Å². The number of carbonyl (C=O) groups excluding carboxylic acids is 3. The van der Waals surface area contributed by atoms with Crippen LogP contribution in [0, 0.1) is 11.8 Å². The van der Waals surface area contributed by atoms with E-state index in [1.165, 1.54) is 14.0 Å². The number of ether oxygens (including phenoxy) is 9. The van der Waals surface area contributed by atoms with E-state index in [2.05, 4.69) is 20.1 Å². The summed E-state index contributed by atoms with van der Waals surface area (Å²) in [6.07, 6.45) is -13.4. The Morgan fingerprint density at radius 3 is 1.83 bits per heavy atom. The van der Waals surface area contributed by atoms with Gasteiger partial charge < -0.3 is 47.7 Å². The summed E-state index contributed by atoms with van der Waals surface area (Å²) >= 11 is 0. The molecular weight excluding hydrogens is 821 g/mol. The van der Waals surface area contributed by atoms with Crippen molar-refractivity contribution in [2.75, 3.05) is 13.7 Å². The van der Waals surface area contributed by atoms with E-state index in [9.17, 15) is 30.6 Å². The first-order chi connectivity index (χ1) is 30.5. The van der Waals surface area contributed by atoms with Crippen molar-refractivity contribution >= 4 is 17.7 Å². The van der Waals surface area contributed by atoms with Gasteiger partial charge in [0.2, 0.25) is 0 Å². The van der Waals surface area contributed by atoms with Crippen LogP contribution in [0.5, 0.6) is 0 Å². The lowest BCUT2D eigenvalue weighted by atomic mass is 9.87. The number of aliphatic hydroxyl groups excluding tert-OH is 1. The quantitative estimate of drug-likeness (QED) is 0.0684.